The maximum absolute atomic E-state index is 13.0. The second-order valence-electron chi connectivity index (χ2n) is 5.08. The molecule has 1 amide bonds. The quantitative estimate of drug-likeness (QED) is 0.789. The maximum Gasteiger partial charge on any atom is 0.248 e. The summed E-state index contributed by atoms with van der Waals surface area (Å²) >= 11 is 0. The van der Waals surface area contributed by atoms with Gasteiger partial charge in [-0.25, -0.2) is 4.39 Å². The van der Waals surface area contributed by atoms with E-state index in [4.69, 9.17) is 5.73 Å². The molecule has 2 rings (SSSR count). The van der Waals surface area contributed by atoms with E-state index in [1.54, 1.807) is 12.1 Å². The van der Waals surface area contributed by atoms with Crippen LogP contribution in [0.2, 0.25) is 0 Å². The van der Waals surface area contributed by atoms with Gasteiger partial charge in [0.15, 0.2) is 0 Å². The van der Waals surface area contributed by atoms with Crippen LogP contribution in [0, 0.1) is 11.7 Å². The first kappa shape index (κ1) is 14.1. The smallest absolute Gasteiger partial charge is 0.248 e. The Morgan fingerprint density at radius 3 is 2.45 bits per heavy atom. The van der Waals surface area contributed by atoms with Gasteiger partial charge >= 0.3 is 0 Å². The predicted molar refractivity (Wildman–Crippen MR) is 75.6 cm³/mol. The van der Waals surface area contributed by atoms with Crippen LogP contribution in [0.3, 0.4) is 0 Å². The molecule has 1 aromatic rings. The van der Waals surface area contributed by atoms with Crippen LogP contribution in [0.25, 0.3) is 0 Å². The zero-order chi connectivity index (χ0) is 14.9. The molecule has 4 N–H and O–H groups in total. The monoisotopic (exact) mass is 275 g/mol. The van der Waals surface area contributed by atoms with Crippen molar-refractivity contribution in [3.8, 4) is 0 Å². The molecule has 0 radical (unpaired) electrons. The van der Waals surface area contributed by atoms with E-state index in [0.29, 0.717) is 11.4 Å². The van der Waals surface area contributed by atoms with Gasteiger partial charge in [0.1, 0.15) is 5.82 Å². The van der Waals surface area contributed by atoms with Crippen molar-refractivity contribution in [3.05, 3.63) is 59.3 Å². The number of halogens is 1. The standard InChI is InChI=1S/C15H18FN3O/c1-8(2)13-12(15(17)20)14(19-9(3)18-13)10-4-6-11(16)7-5-10/h4-8,14,18-19H,3H2,1-2H3,(H2,17,20). The third-order valence-electron chi connectivity index (χ3n) is 3.23. The van der Waals surface area contributed by atoms with Crippen molar-refractivity contribution in [2.45, 2.75) is 19.9 Å². The summed E-state index contributed by atoms with van der Waals surface area (Å²) in [5.41, 5.74) is 7.49. The molecule has 0 bridgehead atoms. The van der Waals surface area contributed by atoms with Gasteiger partial charge in [0, 0.05) is 5.70 Å². The number of carbonyl (C=O) groups is 1. The molecule has 0 saturated carbocycles. The summed E-state index contributed by atoms with van der Waals surface area (Å²) in [6, 6.07) is 5.56. The number of carbonyl (C=O) groups excluding carboxylic acids is 1. The summed E-state index contributed by atoms with van der Waals surface area (Å²) < 4.78 is 13.0. The van der Waals surface area contributed by atoms with Crippen molar-refractivity contribution in [1.82, 2.24) is 10.6 Å². The minimum atomic E-state index is -0.504. The molecule has 1 heterocycles. The highest BCUT2D eigenvalue weighted by Gasteiger charge is 2.30. The Hall–Kier alpha value is -2.30. The van der Waals surface area contributed by atoms with Crippen LogP contribution in [-0.4, -0.2) is 5.91 Å². The molecule has 0 spiro atoms. The second-order valence-corrected chi connectivity index (χ2v) is 5.08. The van der Waals surface area contributed by atoms with E-state index in [1.165, 1.54) is 12.1 Å². The molecule has 1 atom stereocenters. The van der Waals surface area contributed by atoms with Crippen molar-refractivity contribution in [2.24, 2.45) is 11.7 Å². The lowest BCUT2D eigenvalue weighted by Crippen LogP contribution is -2.42. The van der Waals surface area contributed by atoms with E-state index in [0.717, 1.165) is 11.3 Å². The van der Waals surface area contributed by atoms with E-state index < -0.39 is 11.9 Å². The number of amides is 1. The number of nitrogens with two attached hydrogens (primary N) is 1. The highest BCUT2D eigenvalue weighted by molar-refractivity contribution is 5.94. The molecule has 20 heavy (non-hydrogen) atoms. The highest BCUT2D eigenvalue weighted by Crippen LogP contribution is 2.30. The summed E-state index contributed by atoms with van der Waals surface area (Å²) in [6.07, 6.45) is 0. The van der Waals surface area contributed by atoms with Gasteiger partial charge in [-0.3, -0.25) is 4.79 Å². The fraction of sp³-hybridized carbons (Fsp3) is 0.267. The normalized spacial score (nSPS) is 18.8. The molecule has 0 saturated heterocycles. The first-order valence-corrected chi connectivity index (χ1v) is 6.42. The van der Waals surface area contributed by atoms with E-state index in [2.05, 4.69) is 17.2 Å². The number of primary amides is 1. The van der Waals surface area contributed by atoms with Crippen LogP contribution in [0.1, 0.15) is 25.5 Å². The second kappa shape index (κ2) is 5.36. The Morgan fingerprint density at radius 1 is 1.35 bits per heavy atom. The molecular weight excluding hydrogens is 257 g/mol. The van der Waals surface area contributed by atoms with Crippen LogP contribution < -0.4 is 16.4 Å². The third kappa shape index (κ3) is 2.66. The molecule has 5 heteroatoms. The van der Waals surface area contributed by atoms with Crippen LogP contribution in [0.4, 0.5) is 4.39 Å². The number of benzene rings is 1. The van der Waals surface area contributed by atoms with Gasteiger partial charge in [0.25, 0.3) is 0 Å². The highest BCUT2D eigenvalue weighted by atomic mass is 19.1. The number of nitrogens with one attached hydrogen (secondary N) is 2. The minimum Gasteiger partial charge on any atom is -0.366 e. The fourth-order valence-electron chi connectivity index (χ4n) is 2.30. The Bertz CT molecular complexity index is 575. The first-order chi connectivity index (χ1) is 9.40. The summed E-state index contributed by atoms with van der Waals surface area (Å²) in [4.78, 5) is 11.8. The minimum absolute atomic E-state index is 0.0966. The molecule has 1 aromatic carbocycles. The zero-order valence-corrected chi connectivity index (χ0v) is 11.5. The SMILES string of the molecule is C=C1NC(C(C)C)=C(C(N)=O)C(c2ccc(F)cc2)N1. The lowest BCUT2D eigenvalue weighted by atomic mass is 9.91. The summed E-state index contributed by atoms with van der Waals surface area (Å²) in [6.45, 7) is 7.78. The molecule has 0 aliphatic carbocycles. The van der Waals surface area contributed by atoms with Crippen molar-refractivity contribution < 1.29 is 9.18 Å². The van der Waals surface area contributed by atoms with Crippen LogP contribution >= 0.6 is 0 Å². The van der Waals surface area contributed by atoms with Gasteiger partial charge in [-0.1, -0.05) is 32.6 Å². The average molecular weight is 275 g/mol. The Kier molecular flexibility index (Phi) is 3.79. The summed E-state index contributed by atoms with van der Waals surface area (Å²) in [7, 11) is 0. The zero-order valence-electron chi connectivity index (χ0n) is 11.5. The van der Waals surface area contributed by atoms with Crippen LogP contribution in [-0.2, 0) is 4.79 Å². The van der Waals surface area contributed by atoms with E-state index in [9.17, 15) is 9.18 Å². The van der Waals surface area contributed by atoms with Gasteiger partial charge in [-0.15, -0.1) is 0 Å². The Labute approximate surface area is 117 Å². The molecule has 0 fully saturated rings. The van der Waals surface area contributed by atoms with Crippen molar-refractivity contribution in [3.63, 3.8) is 0 Å². The topological polar surface area (TPSA) is 67.1 Å². The van der Waals surface area contributed by atoms with Gasteiger partial charge in [0.2, 0.25) is 5.91 Å². The summed E-state index contributed by atoms with van der Waals surface area (Å²) in [5, 5.41) is 6.14. The molecular formula is C15H18FN3O. The average Bonchev–Trinajstić information content (AvgIpc) is 2.38. The van der Waals surface area contributed by atoms with Gasteiger partial charge in [-0.05, 0) is 23.6 Å². The van der Waals surface area contributed by atoms with Gasteiger partial charge in [0.05, 0.1) is 17.4 Å². The van der Waals surface area contributed by atoms with Crippen molar-refractivity contribution in [2.75, 3.05) is 0 Å². The molecule has 0 aromatic heterocycles. The van der Waals surface area contributed by atoms with Gasteiger partial charge < -0.3 is 16.4 Å². The largest absolute Gasteiger partial charge is 0.366 e. The predicted octanol–water partition coefficient (Wildman–Crippen LogP) is 1.93. The van der Waals surface area contributed by atoms with E-state index in [-0.39, 0.29) is 11.7 Å². The van der Waals surface area contributed by atoms with E-state index >= 15 is 0 Å². The van der Waals surface area contributed by atoms with Crippen molar-refractivity contribution in [1.29, 1.82) is 0 Å². The lowest BCUT2D eigenvalue weighted by Gasteiger charge is -2.33. The lowest BCUT2D eigenvalue weighted by molar-refractivity contribution is -0.115. The summed E-state index contributed by atoms with van der Waals surface area (Å²) in [5.74, 6) is -0.141. The molecule has 106 valence electrons. The fourth-order valence-corrected chi connectivity index (χ4v) is 2.30. The molecule has 4 nitrogen and oxygen atoms in total. The maximum atomic E-state index is 13.0. The van der Waals surface area contributed by atoms with Crippen LogP contribution in [0.15, 0.2) is 47.9 Å². The third-order valence-corrected chi connectivity index (χ3v) is 3.23. The molecule has 1 aliphatic heterocycles. The number of rotatable bonds is 3. The molecule has 1 unspecified atom stereocenters. The Balaban J connectivity index is 2.53. The molecule has 1 aliphatic rings. The Morgan fingerprint density at radius 2 is 1.95 bits per heavy atom. The number of hydrogen-bond donors (Lipinski definition) is 3. The van der Waals surface area contributed by atoms with Crippen molar-refractivity contribution >= 4 is 5.91 Å². The first-order valence-electron chi connectivity index (χ1n) is 6.42. The van der Waals surface area contributed by atoms with Crippen LogP contribution in [0.5, 0.6) is 0 Å². The number of hydrogen-bond acceptors (Lipinski definition) is 3. The number of allylic oxidation sites excluding steroid dienone is 1. The van der Waals surface area contributed by atoms with Gasteiger partial charge in [-0.2, -0.15) is 0 Å². The van der Waals surface area contributed by atoms with E-state index in [1.807, 2.05) is 13.8 Å².